The number of carbonyl (C=O) groups excluding carboxylic acids is 6. The summed E-state index contributed by atoms with van der Waals surface area (Å²) in [7, 11) is 0. The number of ether oxygens (including phenoxy) is 2. The van der Waals surface area contributed by atoms with E-state index in [0.717, 1.165) is 32.1 Å². The lowest BCUT2D eigenvalue weighted by atomic mass is 9.85. The number of hydrogen-bond donors (Lipinski definition) is 1. The van der Waals surface area contributed by atoms with Gasteiger partial charge >= 0.3 is 24.5 Å². The van der Waals surface area contributed by atoms with Crippen molar-refractivity contribution in [2.45, 2.75) is 164 Å². The molecule has 2 unspecified atom stereocenters. The number of amides is 2. The topological polar surface area (TPSA) is 148 Å². The van der Waals surface area contributed by atoms with E-state index in [1.165, 1.54) is 4.90 Å². The highest BCUT2D eigenvalue weighted by Gasteiger charge is 2.45. The molecular weight excluding hydrogens is 592 g/mol. The van der Waals surface area contributed by atoms with E-state index in [1.807, 2.05) is 58.6 Å². The quantitative estimate of drug-likeness (QED) is 0.305. The minimum absolute atomic E-state index is 0.0346. The van der Waals surface area contributed by atoms with Crippen molar-refractivity contribution in [2.75, 3.05) is 0 Å². The maximum Gasteiger partial charge on any atom is 0.412 e. The first-order chi connectivity index (χ1) is 20.8. The van der Waals surface area contributed by atoms with Gasteiger partial charge in [-0.1, -0.05) is 60.6 Å². The third kappa shape index (κ3) is 20.0. The molecule has 0 radical (unpaired) electrons. The van der Waals surface area contributed by atoms with Crippen molar-refractivity contribution < 1.29 is 43.3 Å². The van der Waals surface area contributed by atoms with Crippen LogP contribution in [0.4, 0.5) is 9.59 Å². The molecule has 0 aromatic carbocycles. The molecule has 2 aliphatic heterocycles. The normalized spacial score (nSPS) is 20.7. The number of nitrogens with zero attached hydrogens (tertiary/aromatic N) is 2. The molecule has 2 aliphatic rings. The summed E-state index contributed by atoms with van der Waals surface area (Å²) in [4.78, 5) is 60.5. The van der Waals surface area contributed by atoms with Crippen molar-refractivity contribution in [3.63, 3.8) is 0 Å². The van der Waals surface area contributed by atoms with Crippen molar-refractivity contribution in [2.24, 2.45) is 10.8 Å². The Morgan fingerprint density at radius 3 is 1.33 bits per heavy atom. The Balaban J connectivity index is -0.000000625. The largest absolute Gasteiger partial charge is 0.444 e. The Labute approximate surface area is 277 Å². The number of hydrogen-bond acceptors (Lipinski definition) is 9. The lowest BCUT2D eigenvalue weighted by molar-refractivity contribution is -0.193. The van der Waals surface area contributed by atoms with Crippen LogP contribution in [0.1, 0.15) is 129 Å². The second-order valence-corrected chi connectivity index (χ2v) is 15.2. The lowest BCUT2D eigenvalue weighted by Gasteiger charge is -2.38. The van der Waals surface area contributed by atoms with Crippen molar-refractivity contribution in [3.05, 3.63) is 25.3 Å². The Hall–Kier alpha value is -3.26. The first kappa shape index (κ1) is 47.2. The minimum Gasteiger partial charge on any atom is -0.444 e. The number of aliphatic hydroxyl groups excluding tert-OH is 1. The summed E-state index contributed by atoms with van der Waals surface area (Å²) in [6.07, 6.45) is 8.41. The van der Waals surface area contributed by atoms with E-state index >= 15 is 0 Å². The molecule has 0 bridgehead atoms. The Morgan fingerprint density at radius 2 is 1.02 bits per heavy atom. The molecule has 0 aromatic heterocycles. The van der Waals surface area contributed by atoms with E-state index < -0.39 is 23.5 Å². The zero-order valence-corrected chi connectivity index (χ0v) is 30.7. The Morgan fingerprint density at radius 1 is 0.696 bits per heavy atom. The van der Waals surface area contributed by atoms with Gasteiger partial charge in [-0.25, -0.2) is 9.59 Å². The third-order valence-corrected chi connectivity index (χ3v) is 6.79. The first-order valence-electron chi connectivity index (χ1n) is 15.7. The van der Waals surface area contributed by atoms with Crippen LogP contribution in [0.2, 0.25) is 0 Å². The SMILES string of the molecule is C=CCC.C=CCC1CC[C@@H](C(C)(C)C)N1C(=O)OC(C)(C)C.CC(C)(C)OC(=O)N1C(O)CC[C@H]1C(C)(C)C.O=C=O.O=C=O. The van der Waals surface area contributed by atoms with E-state index in [1.54, 1.807) is 0 Å². The summed E-state index contributed by atoms with van der Waals surface area (Å²) < 4.78 is 10.9. The van der Waals surface area contributed by atoms with Gasteiger partial charge in [0.2, 0.25) is 0 Å². The summed E-state index contributed by atoms with van der Waals surface area (Å²) >= 11 is 0. The van der Waals surface area contributed by atoms with Crippen LogP contribution in [0.3, 0.4) is 0 Å². The monoisotopic (exact) mass is 654 g/mol. The number of allylic oxidation sites excluding steroid dienone is 1. The molecule has 11 heteroatoms. The van der Waals surface area contributed by atoms with E-state index in [4.69, 9.17) is 28.7 Å². The standard InChI is InChI=1S/C16H29NO2.C13H25NO3.C4H8.2CO2/c1-8-9-12-10-11-13(15(2,3)4)17(12)14(18)19-16(5,6)7;1-12(2,3)9-7-8-10(15)14(9)11(16)17-13(4,5)6;1-3-4-2;2*2-1-3/h8,12-13H,1,9-11H2,2-7H3;9-10,15H,7-8H2,1-6H3;3H,1,4H2,2H3;;/t12?,13-;9-,10?;;;/m00.../s1. The van der Waals surface area contributed by atoms with Crippen LogP contribution in [-0.4, -0.2) is 75.0 Å². The molecule has 2 fully saturated rings. The molecule has 11 nitrogen and oxygen atoms in total. The van der Waals surface area contributed by atoms with Gasteiger partial charge < -0.3 is 19.5 Å². The molecule has 2 amide bonds. The van der Waals surface area contributed by atoms with Crippen molar-refractivity contribution in [3.8, 4) is 0 Å². The van der Waals surface area contributed by atoms with Crippen LogP contribution in [0.25, 0.3) is 0 Å². The molecule has 0 saturated carbocycles. The fourth-order valence-corrected chi connectivity index (χ4v) is 4.95. The summed E-state index contributed by atoms with van der Waals surface area (Å²) in [6.45, 7) is 33.4. The van der Waals surface area contributed by atoms with Gasteiger partial charge in [-0.15, -0.1) is 13.2 Å². The zero-order chi connectivity index (χ0) is 37.1. The van der Waals surface area contributed by atoms with Gasteiger partial charge in [0.15, 0.2) is 0 Å². The van der Waals surface area contributed by atoms with Gasteiger partial charge in [0.25, 0.3) is 0 Å². The lowest BCUT2D eigenvalue weighted by Crippen LogP contribution is -2.48. The van der Waals surface area contributed by atoms with Crippen LogP contribution >= 0.6 is 0 Å². The zero-order valence-electron chi connectivity index (χ0n) is 30.7. The summed E-state index contributed by atoms with van der Waals surface area (Å²) in [6, 6.07) is 0.510. The third-order valence-electron chi connectivity index (χ3n) is 6.79. The molecule has 2 rings (SSSR count). The van der Waals surface area contributed by atoms with Crippen molar-refractivity contribution in [1.82, 2.24) is 9.80 Å². The van der Waals surface area contributed by atoms with Gasteiger partial charge in [-0.3, -0.25) is 4.90 Å². The average Bonchev–Trinajstić information content (AvgIpc) is 3.48. The van der Waals surface area contributed by atoms with Gasteiger partial charge in [-0.05, 0) is 90.9 Å². The summed E-state index contributed by atoms with van der Waals surface area (Å²) in [5.74, 6) is 0. The predicted molar refractivity (Wildman–Crippen MR) is 176 cm³/mol. The molecule has 0 spiro atoms. The number of aliphatic hydroxyl groups is 1. The molecular formula is C35H62N2O9. The Kier molecular flexibility index (Phi) is 22.1. The molecule has 2 saturated heterocycles. The second-order valence-electron chi connectivity index (χ2n) is 15.2. The van der Waals surface area contributed by atoms with Crippen LogP contribution in [-0.2, 0) is 28.7 Å². The summed E-state index contributed by atoms with van der Waals surface area (Å²) in [5.41, 5.74) is -0.941. The second kappa shape index (κ2) is 21.5. The van der Waals surface area contributed by atoms with Gasteiger partial charge in [0.05, 0.1) is 0 Å². The van der Waals surface area contributed by atoms with Gasteiger partial charge in [-0.2, -0.15) is 19.2 Å². The van der Waals surface area contributed by atoms with Crippen molar-refractivity contribution >= 4 is 24.5 Å². The Bertz CT molecular complexity index is 973. The van der Waals surface area contributed by atoms with E-state index in [2.05, 4.69) is 61.6 Å². The number of carbonyl (C=O) groups is 2. The molecule has 266 valence electrons. The minimum atomic E-state index is -0.714. The predicted octanol–water partition coefficient (Wildman–Crippen LogP) is 7.54. The first-order valence-corrected chi connectivity index (χ1v) is 15.7. The van der Waals surface area contributed by atoms with Crippen LogP contribution < -0.4 is 0 Å². The fraction of sp³-hybridized carbons (Fsp3) is 0.771. The molecule has 46 heavy (non-hydrogen) atoms. The van der Waals surface area contributed by atoms with E-state index in [-0.39, 0.29) is 47.4 Å². The molecule has 4 atom stereocenters. The van der Waals surface area contributed by atoms with E-state index in [9.17, 15) is 14.7 Å². The molecule has 1 N–H and O–H groups in total. The molecule has 2 heterocycles. The maximum atomic E-state index is 12.5. The van der Waals surface area contributed by atoms with Crippen LogP contribution in [0, 0.1) is 10.8 Å². The maximum absolute atomic E-state index is 12.5. The number of likely N-dealkylation sites (tertiary alicyclic amines) is 2. The van der Waals surface area contributed by atoms with Crippen molar-refractivity contribution in [1.29, 1.82) is 0 Å². The smallest absolute Gasteiger partial charge is 0.412 e. The average molecular weight is 655 g/mol. The highest BCUT2D eigenvalue weighted by molar-refractivity contribution is 5.70. The fourth-order valence-electron chi connectivity index (χ4n) is 4.95. The van der Waals surface area contributed by atoms with Gasteiger partial charge in [0, 0.05) is 18.1 Å². The number of rotatable bonds is 3. The molecule has 0 aromatic rings. The molecule has 0 aliphatic carbocycles. The highest BCUT2D eigenvalue weighted by Crippen LogP contribution is 2.38. The van der Waals surface area contributed by atoms with Gasteiger partial charge in [0.1, 0.15) is 17.4 Å². The van der Waals surface area contributed by atoms with E-state index in [0.29, 0.717) is 6.42 Å². The summed E-state index contributed by atoms with van der Waals surface area (Å²) in [5, 5.41) is 9.92. The van der Waals surface area contributed by atoms with Crippen LogP contribution in [0.5, 0.6) is 0 Å². The van der Waals surface area contributed by atoms with Crippen LogP contribution in [0.15, 0.2) is 25.3 Å². The highest BCUT2D eigenvalue weighted by atomic mass is 16.6.